The van der Waals surface area contributed by atoms with E-state index in [1.165, 1.54) is 0 Å². The molecule has 2 unspecified atom stereocenters. The van der Waals surface area contributed by atoms with Crippen LogP contribution in [0.4, 0.5) is 0 Å². The molecule has 1 aliphatic heterocycles. The number of carbonyl (C=O) groups excluding carboxylic acids is 2. The minimum Gasteiger partial charge on any atom is -0.457 e. The van der Waals surface area contributed by atoms with Crippen LogP contribution in [0.3, 0.4) is 0 Å². The normalized spacial score (nSPS) is 43.2. The third kappa shape index (κ3) is 1.85. The smallest absolute Gasteiger partial charge is 0.319 e. The number of carbonyl (C=O) groups is 2. The van der Waals surface area contributed by atoms with E-state index in [0.29, 0.717) is 12.3 Å². The van der Waals surface area contributed by atoms with Gasteiger partial charge in [0.15, 0.2) is 0 Å². The third-order valence-corrected chi connectivity index (χ3v) is 5.88. The van der Waals surface area contributed by atoms with Crippen molar-refractivity contribution in [2.24, 2.45) is 17.3 Å². The number of hydrogen-bond acceptors (Lipinski definition) is 4. The Hall–Kier alpha value is -0.870. The fourth-order valence-corrected chi connectivity index (χ4v) is 4.62. The van der Waals surface area contributed by atoms with Crippen LogP contribution >= 0.6 is 11.6 Å². The number of aliphatic hydroxyl groups is 1. The molecule has 2 aliphatic carbocycles. The molecule has 0 aromatic heterocycles. The van der Waals surface area contributed by atoms with Crippen LogP contribution in [-0.2, 0) is 14.3 Å². The van der Waals surface area contributed by atoms with Gasteiger partial charge in [0.25, 0.3) is 0 Å². The summed E-state index contributed by atoms with van der Waals surface area (Å²) in [7, 11) is 0. The standard InChI is InChI=1S/C16H21ClO4/c1-15-11(7-8-17)12(18)9-16(15,14(20)21-15)13(19)10-5-3-2-4-6-10/h3,5,10-11,13,19H,2,4,6-9H2,1H3/t10?,11-,13-,15-,16?/m0/s1. The first kappa shape index (κ1) is 15.0. The lowest BCUT2D eigenvalue weighted by atomic mass is 9.60. The molecule has 0 aromatic carbocycles. The molecular formula is C16H21ClO4. The molecule has 3 rings (SSSR count). The van der Waals surface area contributed by atoms with Crippen LogP contribution in [0.25, 0.3) is 0 Å². The number of rotatable bonds is 4. The van der Waals surface area contributed by atoms with E-state index in [1.54, 1.807) is 6.92 Å². The van der Waals surface area contributed by atoms with Crippen LogP contribution in [0, 0.1) is 17.3 Å². The second-order valence-corrected chi connectivity index (χ2v) is 6.99. The van der Waals surface area contributed by atoms with Crippen LogP contribution in [0.5, 0.6) is 0 Å². The Labute approximate surface area is 129 Å². The fraction of sp³-hybridized carbons (Fsp3) is 0.750. The molecule has 0 bridgehead atoms. The van der Waals surface area contributed by atoms with Gasteiger partial charge in [-0.3, -0.25) is 9.59 Å². The van der Waals surface area contributed by atoms with Crippen molar-refractivity contribution in [3.63, 3.8) is 0 Å². The summed E-state index contributed by atoms with van der Waals surface area (Å²) in [5.41, 5.74) is -1.98. The molecule has 1 N–H and O–H groups in total. The molecule has 2 fully saturated rings. The number of fused-ring (bicyclic) bond motifs is 1. The first-order valence-electron chi connectivity index (χ1n) is 7.64. The number of allylic oxidation sites excluding steroid dienone is 1. The number of esters is 1. The maximum absolute atomic E-state index is 12.3. The van der Waals surface area contributed by atoms with Crippen molar-refractivity contribution < 1.29 is 19.4 Å². The summed E-state index contributed by atoms with van der Waals surface area (Å²) in [5, 5.41) is 10.9. The SMILES string of the molecule is C[C@@]12OC(=O)C1([C@@H](O)C1C=CCCC1)CC(=O)[C@@H]2CCCl. The number of halogens is 1. The minimum absolute atomic E-state index is 0.0113. The summed E-state index contributed by atoms with van der Waals surface area (Å²) in [6.45, 7) is 1.78. The minimum atomic E-state index is -1.08. The fourth-order valence-electron chi connectivity index (χ4n) is 4.40. The first-order valence-corrected chi connectivity index (χ1v) is 8.17. The molecule has 1 saturated carbocycles. The Morgan fingerprint density at radius 3 is 2.86 bits per heavy atom. The summed E-state index contributed by atoms with van der Waals surface area (Å²) in [4.78, 5) is 24.6. The highest BCUT2D eigenvalue weighted by Gasteiger charge is 2.78. The van der Waals surface area contributed by atoms with E-state index in [0.717, 1.165) is 19.3 Å². The van der Waals surface area contributed by atoms with Gasteiger partial charge in [-0.1, -0.05) is 12.2 Å². The molecule has 1 saturated heterocycles. The number of aliphatic hydroxyl groups excluding tert-OH is 1. The van der Waals surface area contributed by atoms with Crippen molar-refractivity contribution in [1.29, 1.82) is 0 Å². The van der Waals surface area contributed by atoms with Crippen LogP contribution in [0.1, 0.15) is 39.0 Å². The largest absolute Gasteiger partial charge is 0.457 e. The molecule has 3 aliphatic rings. The summed E-state index contributed by atoms with van der Waals surface area (Å²) >= 11 is 5.79. The van der Waals surface area contributed by atoms with Gasteiger partial charge < -0.3 is 9.84 Å². The van der Waals surface area contributed by atoms with Gasteiger partial charge in [-0.2, -0.15) is 0 Å². The van der Waals surface area contributed by atoms with Crippen LogP contribution in [0.15, 0.2) is 12.2 Å². The molecule has 0 amide bonds. The number of ketones is 1. The Morgan fingerprint density at radius 1 is 1.52 bits per heavy atom. The Balaban J connectivity index is 1.94. The van der Waals surface area contributed by atoms with Crippen molar-refractivity contribution in [1.82, 2.24) is 0 Å². The zero-order chi connectivity index (χ0) is 15.3. The maximum Gasteiger partial charge on any atom is 0.319 e. The maximum atomic E-state index is 12.3. The van der Waals surface area contributed by atoms with E-state index >= 15 is 0 Å². The highest BCUT2D eigenvalue weighted by atomic mass is 35.5. The van der Waals surface area contributed by atoms with E-state index in [9.17, 15) is 14.7 Å². The van der Waals surface area contributed by atoms with Crippen LogP contribution in [0.2, 0.25) is 0 Å². The number of ether oxygens (including phenoxy) is 1. The molecule has 4 nitrogen and oxygen atoms in total. The molecule has 1 heterocycles. The number of Topliss-reactive ketones (excluding diaryl/α,β-unsaturated/α-hetero) is 1. The Bertz CT molecular complexity index is 503. The molecule has 0 radical (unpaired) electrons. The van der Waals surface area contributed by atoms with Crippen molar-refractivity contribution in [3.05, 3.63) is 12.2 Å². The molecule has 0 aromatic rings. The van der Waals surface area contributed by atoms with Crippen molar-refractivity contribution >= 4 is 23.4 Å². The van der Waals surface area contributed by atoms with Crippen molar-refractivity contribution in [3.8, 4) is 0 Å². The van der Waals surface area contributed by atoms with Gasteiger partial charge in [0.05, 0.1) is 12.0 Å². The molecule has 21 heavy (non-hydrogen) atoms. The summed E-state index contributed by atoms with van der Waals surface area (Å²) in [5.74, 6) is -0.563. The predicted octanol–water partition coefficient (Wildman–Crippen LogP) is 2.22. The van der Waals surface area contributed by atoms with E-state index in [1.807, 2.05) is 12.2 Å². The van der Waals surface area contributed by atoms with Gasteiger partial charge in [0, 0.05) is 18.2 Å². The van der Waals surface area contributed by atoms with E-state index in [-0.39, 0.29) is 18.1 Å². The van der Waals surface area contributed by atoms with Crippen molar-refractivity contribution in [2.45, 2.75) is 50.7 Å². The highest BCUT2D eigenvalue weighted by molar-refractivity contribution is 6.18. The molecule has 116 valence electrons. The summed E-state index contributed by atoms with van der Waals surface area (Å²) in [6.07, 6.45) is 6.58. The summed E-state index contributed by atoms with van der Waals surface area (Å²) < 4.78 is 5.40. The van der Waals surface area contributed by atoms with Crippen LogP contribution in [-0.4, -0.2) is 34.4 Å². The number of hydrogen-bond donors (Lipinski definition) is 1. The first-order chi connectivity index (χ1) is 9.97. The van der Waals surface area contributed by atoms with Gasteiger partial charge >= 0.3 is 5.97 Å². The van der Waals surface area contributed by atoms with Gasteiger partial charge in [0.1, 0.15) is 16.8 Å². The number of alkyl halides is 1. The zero-order valence-corrected chi connectivity index (χ0v) is 12.9. The zero-order valence-electron chi connectivity index (χ0n) is 12.2. The van der Waals surface area contributed by atoms with Crippen LogP contribution < -0.4 is 0 Å². The molecule has 5 heteroatoms. The Kier molecular flexibility index (Phi) is 3.65. The lowest BCUT2D eigenvalue weighted by molar-refractivity contribution is -0.262. The third-order valence-electron chi connectivity index (χ3n) is 5.66. The average Bonchev–Trinajstić information content (AvgIpc) is 2.65. The molecule has 0 spiro atoms. The van der Waals surface area contributed by atoms with E-state index in [2.05, 4.69) is 0 Å². The lowest BCUT2D eigenvalue weighted by Crippen LogP contribution is -2.70. The quantitative estimate of drug-likeness (QED) is 0.491. The molecular weight excluding hydrogens is 292 g/mol. The average molecular weight is 313 g/mol. The van der Waals surface area contributed by atoms with Gasteiger partial charge in [-0.25, -0.2) is 0 Å². The van der Waals surface area contributed by atoms with Crippen molar-refractivity contribution in [2.75, 3.05) is 5.88 Å². The Morgan fingerprint density at radius 2 is 2.29 bits per heavy atom. The van der Waals surface area contributed by atoms with Gasteiger partial charge in [0.2, 0.25) is 0 Å². The predicted molar refractivity (Wildman–Crippen MR) is 77.9 cm³/mol. The topological polar surface area (TPSA) is 63.6 Å². The monoisotopic (exact) mass is 312 g/mol. The summed E-state index contributed by atoms with van der Waals surface area (Å²) in [6, 6.07) is 0. The second kappa shape index (κ2) is 5.10. The second-order valence-electron chi connectivity index (χ2n) is 6.61. The molecule has 5 atom stereocenters. The highest BCUT2D eigenvalue weighted by Crippen LogP contribution is 2.62. The van der Waals surface area contributed by atoms with E-state index in [4.69, 9.17) is 16.3 Å². The lowest BCUT2D eigenvalue weighted by Gasteiger charge is -2.55. The van der Waals surface area contributed by atoms with Gasteiger partial charge in [-0.15, -0.1) is 11.6 Å². The van der Waals surface area contributed by atoms with E-state index < -0.39 is 29.0 Å². The van der Waals surface area contributed by atoms with Gasteiger partial charge in [-0.05, 0) is 32.6 Å².